The summed E-state index contributed by atoms with van der Waals surface area (Å²) >= 11 is 0. The van der Waals surface area contributed by atoms with E-state index in [1.807, 2.05) is 25.1 Å². The molecule has 0 saturated carbocycles. The van der Waals surface area contributed by atoms with Crippen molar-refractivity contribution in [3.63, 3.8) is 0 Å². The molecule has 1 rings (SSSR count). The molecule has 0 aromatic carbocycles. The van der Waals surface area contributed by atoms with Gasteiger partial charge in [0.05, 0.1) is 0 Å². The van der Waals surface area contributed by atoms with Crippen molar-refractivity contribution >= 4 is 6.08 Å². The number of pyridine rings is 1. The van der Waals surface area contributed by atoms with Crippen molar-refractivity contribution in [3.8, 4) is 6.07 Å². The zero-order valence-electron chi connectivity index (χ0n) is 8.11. The largest absolute Gasteiger partial charge is 0.383 e. The zero-order valence-corrected chi connectivity index (χ0v) is 8.11. The molecule has 1 N–H and O–H groups in total. The van der Waals surface area contributed by atoms with Crippen LogP contribution in [0.1, 0.15) is 11.1 Å². The Morgan fingerprint density at radius 3 is 2.86 bits per heavy atom. The summed E-state index contributed by atoms with van der Waals surface area (Å²) in [6.07, 6.45) is 5.04. The summed E-state index contributed by atoms with van der Waals surface area (Å²) in [5, 5.41) is 8.75. The van der Waals surface area contributed by atoms with Gasteiger partial charge >= 0.3 is 0 Å². The highest BCUT2D eigenvalue weighted by atomic mass is 16.1. The Morgan fingerprint density at radius 1 is 1.57 bits per heavy atom. The van der Waals surface area contributed by atoms with Crippen molar-refractivity contribution in [1.29, 1.82) is 5.26 Å². The van der Waals surface area contributed by atoms with E-state index in [1.54, 1.807) is 18.3 Å². The molecule has 0 amide bonds. The van der Waals surface area contributed by atoms with Gasteiger partial charge in [-0.05, 0) is 18.3 Å². The third-order valence-electron chi connectivity index (χ3n) is 1.66. The predicted molar refractivity (Wildman–Crippen MR) is 54.5 cm³/mol. The van der Waals surface area contributed by atoms with Crippen LogP contribution in [0.25, 0.3) is 6.08 Å². The molecule has 1 aromatic rings. The minimum absolute atomic E-state index is 0.144. The van der Waals surface area contributed by atoms with Crippen LogP contribution in [0.2, 0.25) is 0 Å². The number of rotatable bonds is 2. The first-order chi connectivity index (χ1) is 6.65. The maximum absolute atomic E-state index is 11.2. The van der Waals surface area contributed by atoms with Crippen LogP contribution in [0.3, 0.4) is 0 Å². The van der Waals surface area contributed by atoms with Crippen LogP contribution in [-0.4, -0.2) is 24.0 Å². The van der Waals surface area contributed by atoms with Crippen molar-refractivity contribution in [2.24, 2.45) is 0 Å². The lowest BCUT2D eigenvalue weighted by Gasteiger charge is -2.03. The average Bonchev–Trinajstić information content (AvgIpc) is 2.14. The predicted octanol–water partition coefficient (Wildman–Crippen LogP) is 0.779. The molecule has 1 aromatic heterocycles. The molecule has 0 aliphatic heterocycles. The number of hydrogen-bond acceptors (Lipinski definition) is 3. The van der Waals surface area contributed by atoms with Crippen molar-refractivity contribution < 1.29 is 0 Å². The molecule has 14 heavy (non-hydrogen) atoms. The monoisotopic (exact) mass is 189 g/mol. The fourth-order valence-electron chi connectivity index (χ4n) is 0.977. The van der Waals surface area contributed by atoms with Gasteiger partial charge in [-0.3, -0.25) is 4.79 Å². The molecule has 0 bridgehead atoms. The van der Waals surface area contributed by atoms with Gasteiger partial charge in [0.1, 0.15) is 11.6 Å². The number of hydrogen-bond donors (Lipinski definition) is 1. The minimum atomic E-state index is -0.353. The Hall–Kier alpha value is -2.02. The lowest BCUT2D eigenvalue weighted by atomic mass is 10.1. The van der Waals surface area contributed by atoms with Gasteiger partial charge in [-0.15, -0.1) is 0 Å². The Labute approximate surface area is 82.1 Å². The first-order valence-corrected chi connectivity index (χ1v) is 4.11. The molecule has 0 spiro atoms. The van der Waals surface area contributed by atoms with Crippen molar-refractivity contribution in [1.82, 2.24) is 9.88 Å². The van der Waals surface area contributed by atoms with E-state index >= 15 is 0 Å². The lowest BCUT2D eigenvalue weighted by Crippen LogP contribution is -2.10. The first kappa shape index (κ1) is 10.1. The van der Waals surface area contributed by atoms with E-state index in [0.717, 1.165) is 0 Å². The molecule has 4 nitrogen and oxygen atoms in total. The third kappa shape index (κ3) is 2.23. The van der Waals surface area contributed by atoms with Crippen LogP contribution in [0, 0.1) is 11.3 Å². The molecule has 1 heterocycles. The van der Waals surface area contributed by atoms with E-state index in [-0.39, 0.29) is 11.1 Å². The average molecular weight is 189 g/mol. The Balaban J connectivity index is 3.17. The normalized spacial score (nSPS) is 10.1. The van der Waals surface area contributed by atoms with E-state index in [1.165, 1.54) is 6.20 Å². The fraction of sp³-hybridized carbons (Fsp3) is 0.200. The molecule has 4 heteroatoms. The van der Waals surface area contributed by atoms with E-state index < -0.39 is 0 Å². The SMILES string of the molecule is CN(C)/C=C/c1cc[nH]c(=O)c1C#N. The molecular formula is C10H11N3O. The molecule has 0 fully saturated rings. The summed E-state index contributed by atoms with van der Waals surface area (Å²) in [4.78, 5) is 15.5. The number of nitriles is 1. The number of aromatic nitrogens is 1. The van der Waals surface area contributed by atoms with E-state index in [4.69, 9.17) is 5.26 Å². The van der Waals surface area contributed by atoms with Gasteiger partial charge in [-0.1, -0.05) is 0 Å². The quantitative estimate of drug-likeness (QED) is 0.747. The van der Waals surface area contributed by atoms with Crippen LogP contribution in [-0.2, 0) is 0 Å². The molecule has 0 atom stereocenters. The van der Waals surface area contributed by atoms with E-state index in [9.17, 15) is 4.79 Å². The van der Waals surface area contributed by atoms with Crippen LogP contribution >= 0.6 is 0 Å². The smallest absolute Gasteiger partial charge is 0.266 e. The summed E-state index contributed by atoms with van der Waals surface area (Å²) in [5.41, 5.74) is 0.420. The molecular weight excluding hydrogens is 178 g/mol. The van der Waals surface area contributed by atoms with Crippen molar-refractivity contribution in [2.75, 3.05) is 14.1 Å². The molecule has 0 aliphatic carbocycles. The molecule has 0 unspecified atom stereocenters. The molecule has 0 aliphatic rings. The van der Waals surface area contributed by atoms with Gasteiger partial charge in [0.25, 0.3) is 5.56 Å². The summed E-state index contributed by atoms with van der Waals surface area (Å²) in [6, 6.07) is 3.57. The van der Waals surface area contributed by atoms with Gasteiger partial charge in [0.2, 0.25) is 0 Å². The second-order valence-corrected chi connectivity index (χ2v) is 3.03. The highest BCUT2D eigenvalue weighted by Gasteiger charge is 2.01. The van der Waals surface area contributed by atoms with Gasteiger partial charge in [0.15, 0.2) is 0 Å². The van der Waals surface area contributed by atoms with Gasteiger partial charge in [0, 0.05) is 25.9 Å². The Kier molecular flexibility index (Phi) is 3.08. The summed E-state index contributed by atoms with van der Waals surface area (Å²) in [5.74, 6) is 0. The molecule has 0 radical (unpaired) electrons. The van der Waals surface area contributed by atoms with Crippen LogP contribution in [0.5, 0.6) is 0 Å². The zero-order chi connectivity index (χ0) is 10.6. The summed E-state index contributed by atoms with van der Waals surface area (Å²) in [7, 11) is 3.74. The number of aromatic amines is 1. The number of nitrogens with one attached hydrogen (secondary N) is 1. The van der Waals surface area contributed by atoms with Crippen LogP contribution in [0.4, 0.5) is 0 Å². The fourth-order valence-corrected chi connectivity index (χ4v) is 0.977. The molecule has 72 valence electrons. The van der Waals surface area contributed by atoms with E-state index in [0.29, 0.717) is 5.56 Å². The number of H-pyrrole nitrogens is 1. The Bertz CT molecular complexity index is 437. The van der Waals surface area contributed by atoms with Crippen molar-refractivity contribution in [2.45, 2.75) is 0 Å². The van der Waals surface area contributed by atoms with Crippen LogP contribution < -0.4 is 5.56 Å². The van der Waals surface area contributed by atoms with Gasteiger partial charge < -0.3 is 9.88 Å². The second kappa shape index (κ2) is 4.28. The first-order valence-electron chi connectivity index (χ1n) is 4.11. The Morgan fingerprint density at radius 2 is 2.29 bits per heavy atom. The summed E-state index contributed by atoms with van der Waals surface area (Å²) < 4.78 is 0. The van der Waals surface area contributed by atoms with E-state index in [2.05, 4.69) is 4.98 Å². The van der Waals surface area contributed by atoms with Crippen molar-refractivity contribution in [3.05, 3.63) is 39.9 Å². The second-order valence-electron chi connectivity index (χ2n) is 3.03. The number of nitrogens with zero attached hydrogens (tertiary/aromatic N) is 2. The highest BCUT2D eigenvalue weighted by molar-refractivity contribution is 5.56. The van der Waals surface area contributed by atoms with Crippen LogP contribution in [0.15, 0.2) is 23.3 Å². The maximum atomic E-state index is 11.2. The highest BCUT2D eigenvalue weighted by Crippen LogP contribution is 2.03. The lowest BCUT2D eigenvalue weighted by molar-refractivity contribution is 0.567. The third-order valence-corrected chi connectivity index (χ3v) is 1.66. The van der Waals surface area contributed by atoms with Gasteiger partial charge in [-0.25, -0.2) is 0 Å². The topological polar surface area (TPSA) is 59.9 Å². The summed E-state index contributed by atoms with van der Waals surface area (Å²) in [6.45, 7) is 0. The molecule has 0 saturated heterocycles. The maximum Gasteiger partial charge on any atom is 0.266 e. The minimum Gasteiger partial charge on any atom is -0.383 e. The van der Waals surface area contributed by atoms with Gasteiger partial charge in [-0.2, -0.15) is 5.26 Å². The standard InChI is InChI=1S/C10H11N3O/c1-13(2)6-4-8-3-5-12-10(14)9(8)7-11/h3-6H,1-2H3,(H,12,14)/b6-4+.